The molecule has 0 atom stereocenters. The molecular weight excluding hydrogens is 246 g/mol. The third kappa shape index (κ3) is 2.16. The highest BCUT2D eigenvalue weighted by Gasteiger charge is 2.15. The number of hydrogen-bond acceptors (Lipinski definition) is 2. The lowest BCUT2D eigenvalue weighted by Gasteiger charge is -2.09. The van der Waals surface area contributed by atoms with Gasteiger partial charge in [0.05, 0.1) is 5.69 Å². The van der Waals surface area contributed by atoms with E-state index in [1.165, 1.54) is 0 Å². The summed E-state index contributed by atoms with van der Waals surface area (Å²) in [5, 5.41) is 5.27. The molecule has 0 amide bonds. The minimum atomic E-state index is 0.503. The van der Waals surface area contributed by atoms with Crippen molar-refractivity contribution in [2.24, 2.45) is 5.73 Å². The van der Waals surface area contributed by atoms with Crippen molar-refractivity contribution in [2.75, 3.05) is 0 Å². The molecular formula is C14H18ClN3. The van der Waals surface area contributed by atoms with Gasteiger partial charge >= 0.3 is 0 Å². The lowest BCUT2D eigenvalue weighted by Crippen LogP contribution is -2.01. The van der Waals surface area contributed by atoms with Crippen molar-refractivity contribution in [3.8, 4) is 11.1 Å². The Labute approximate surface area is 113 Å². The second kappa shape index (κ2) is 5.12. The standard InChI is InChI=1S/C14H18ClN3/c1-4-18-10(3)14(9(2)17-18)13-7-12(15)6-5-11(13)8-16/h5-7H,4,8,16H2,1-3H3. The van der Waals surface area contributed by atoms with Crippen molar-refractivity contribution in [2.45, 2.75) is 33.9 Å². The molecule has 2 N–H and O–H groups in total. The summed E-state index contributed by atoms with van der Waals surface area (Å²) in [6.45, 7) is 7.56. The maximum absolute atomic E-state index is 6.10. The fourth-order valence-electron chi connectivity index (χ4n) is 2.35. The second-order valence-corrected chi connectivity index (χ2v) is 4.80. The normalized spacial score (nSPS) is 10.9. The quantitative estimate of drug-likeness (QED) is 0.923. The van der Waals surface area contributed by atoms with Gasteiger partial charge in [0.2, 0.25) is 0 Å². The first-order chi connectivity index (χ1) is 8.58. The summed E-state index contributed by atoms with van der Waals surface area (Å²) in [5.41, 5.74) is 11.3. The minimum absolute atomic E-state index is 0.503. The Morgan fingerprint density at radius 2 is 2.06 bits per heavy atom. The first-order valence-corrected chi connectivity index (χ1v) is 6.49. The molecule has 0 bridgehead atoms. The fourth-order valence-corrected chi connectivity index (χ4v) is 2.53. The van der Waals surface area contributed by atoms with Crippen molar-refractivity contribution < 1.29 is 0 Å². The molecule has 1 aromatic carbocycles. The smallest absolute Gasteiger partial charge is 0.0675 e. The van der Waals surface area contributed by atoms with E-state index in [2.05, 4.69) is 18.9 Å². The van der Waals surface area contributed by atoms with E-state index in [0.717, 1.165) is 39.6 Å². The van der Waals surface area contributed by atoms with Crippen molar-refractivity contribution in [1.29, 1.82) is 0 Å². The van der Waals surface area contributed by atoms with Gasteiger partial charge in [0.15, 0.2) is 0 Å². The summed E-state index contributed by atoms with van der Waals surface area (Å²) in [6.07, 6.45) is 0. The van der Waals surface area contributed by atoms with Gasteiger partial charge in [-0.2, -0.15) is 5.10 Å². The topological polar surface area (TPSA) is 43.8 Å². The summed E-state index contributed by atoms with van der Waals surface area (Å²) >= 11 is 6.10. The Balaban J connectivity index is 2.68. The van der Waals surface area contributed by atoms with Gasteiger partial charge < -0.3 is 5.73 Å². The molecule has 3 nitrogen and oxygen atoms in total. The molecule has 0 aliphatic heterocycles. The molecule has 0 aliphatic carbocycles. The lowest BCUT2D eigenvalue weighted by molar-refractivity contribution is 0.634. The maximum atomic E-state index is 6.10. The highest BCUT2D eigenvalue weighted by molar-refractivity contribution is 6.30. The third-order valence-electron chi connectivity index (χ3n) is 3.24. The molecule has 0 radical (unpaired) electrons. The van der Waals surface area contributed by atoms with Gasteiger partial charge in [-0.25, -0.2) is 0 Å². The monoisotopic (exact) mass is 263 g/mol. The Hall–Kier alpha value is -1.32. The third-order valence-corrected chi connectivity index (χ3v) is 3.48. The zero-order chi connectivity index (χ0) is 13.3. The molecule has 96 valence electrons. The molecule has 0 saturated carbocycles. The largest absolute Gasteiger partial charge is 0.326 e. The van der Waals surface area contributed by atoms with Gasteiger partial charge in [-0.05, 0) is 44.0 Å². The van der Waals surface area contributed by atoms with Gasteiger partial charge in [-0.3, -0.25) is 4.68 Å². The van der Waals surface area contributed by atoms with Crippen LogP contribution in [-0.2, 0) is 13.1 Å². The number of hydrogen-bond donors (Lipinski definition) is 1. The van der Waals surface area contributed by atoms with Gasteiger partial charge in [-0.1, -0.05) is 17.7 Å². The number of benzene rings is 1. The van der Waals surface area contributed by atoms with E-state index >= 15 is 0 Å². The summed E-state index contributed by atoms with van der Waals surface area (Å²) in [5.74, 6) is 0. The molecule has 4 heteroatoms. The van der Waals surface area contributed by atoms with Crippen molar-refractivity contribution in [1.82, 2.24) is 9.78 Å². The van der Waals surface area contributed by atoms with Crippen LogP contribution in [0.1, 0.15) is 23.9 Å². The van der Waals surface area contributed by atoms with E-state index in [1.54, 1.807) is 0 Å². The first kappa shape index (κ1) is 13.1. The van der Waals surface area contributed by atoms with Crippen molar-refractivity contribution >= 4 is 11.6 Å². The van der Waals surface area contributed by atoms with Crippen LogP contribution in [0, 0.1) is 13.8 Å². The van der Waals surface area contributed by atoms with Crippen molar-refractivity contribution in [3.05, 3.63) is 40.2 Å². The van der Waals surface area contributed by atoms with E-state index < -0.39 is 0 Å². The Bertz CT molecular complexity index is 573. The van der Waals surface area contributed by atoms with Crippen LogP contribution in [-0.4, -0.2) is 9.78 Å². The number of aryl methyl sites for hydroxylation is 2. The van der Waals surface area contributed by atoms with Crippen LogP contribution in [0.3, 0.4) is 0 Å². The molecule has 0 saturated heterocycles. The Kier molecular flexibility index (Phi) is 3.73. The SMILES string of the molecule is CCn1nc(C)c(-c2cc(Cl)ccc2CN)c1C. The Morgan fingerprint density at radius 3 is 2.61 bits per heavy atom. The van der Waals surface area contributed by atoms with E-state index in [-0.39, 0.29) is 0 Å². The second-order valence-electron chi connectivity index (χ2n) is 4.37. The number of nitrogens with two attached hydrogens (primary N) is 1. The number of aromatic nitrogens is 2. The number of halogens is 1. The zero-order valence-electron chi connectivity index (χ0n) is 11.0. The van der Waals surface area contributed by atoms with Crippen LogP contribution in [0.5, 0.6) is 0 Å². The van der Waals surface area contributed by atoms with Crippen molar-refractivity contribution in [3.63, 3.8) is 0 Å². The molecule has 1 heterocycles. The van der Waals surface area contributed by atoms with Gasteiger partial charge in [0.1, 0.15) is 0 Å². The molecule has 0 aliphatic rings. The van der Waals surface area contributed by atoms with Crippen LogP contribution in [0.15, 0.2) is 18.2 Å². The van der Waals surface area contributed by atoms with Crippen LogP contribution >= 0.6 is 11.6 Å². The maximum Gasteiger partial charge on any atom is 0.0675 e. The predicted octanol–water partition coefficient (Wildman–Crippen LogP) is 3.30. The van der Waals surface area contributed by atoms with Crippen LogP contribution < -0.4 is 5.73 Å². The van der Waals surface area contributed by atoms with Gasteiger partial charge in [0, 0.05) is 29.4 Å². The summed E-state index contributed by atoms with van der Waals surface area (Å²) in [4.78, 5) is 0. The molecule has 1 aromatic heterocycles. The molecule has 0 fully saturated rings. The molecule has 0 spiro atoms. The first-order valence-electron chi connectivity index (χ1n) is 6.11. The zero-order valence-corrected chi connectivity index (χ0v) is 11.8. The predicted molar refractivity (Wildman–Crippen MR) is 75.7 cm³/mol. The van der Waals surface area contributed by atoms with Gasteiger partial charge in [0.25, 0.3) is 0 Å². The lowest BCUT2D eigenvalue weighted by atomic mass is 9.98. The molecule has 2 rings (SSSR count). The molecule has 2 aromatic rings. The van der Waals surface area contributed by atoms with E-state index in [1.807, 2.05) is 29.8 Å². The van der Waals surface area contributed by atoms with Crippen LogP contribution in [0.2, 0.25) is 5.02 Å². The average Bonchev–Trinajstić information content (AvgIpc) is 2.64. The highest BCUT2D eigenvalue weighted by Crippen LogP contribution is 2.31. The average molecular weight is 264 g/mol. The summed E-state index contributed by atoms with van der Waals surface area (Å²) in [7, 11) is 0. The van der Waals surface area contributed by atoms with E-state index in [9.17, 15) is 0 Å². The fraction of sp³-hybridized carbons (Fsp3) is 0.357. The van der Waals surface area contributed by atoms with E-state index in [4.69, 9.17) is 17.3 Å². The molecule has 18 heavy (non-hydrogen) atoms. The van der Waals surface area contributed by atoms with Crippen LogP contribution in [0.4, 0.5) is 0 Å². The Morgan fingerprint density at radius 1 is 1.33 bits per heavy atom. The van der Waals surface area contributed by atoms with E-state index in [0.29, 0.717) is 6.54 Å². The minimum Gasteiger partial charge on any atom is -0.326 e. The highest BCUT2D eigenvalue weighted by atomic mass is 35.5. The number of nitrogens with zero attached hydrogens (tertiary/aromatic N) is 2. The van der Waals surface area contributed by atoms with Crippen LogP contribution in [0.25, 0.3) is 11.1 Å². The summed E-state index contributed by atoms with van der Waals surface area (Å²) in [6, 6.07) is 5.84. The molecule has 0 unspecified atom stereocenters. The van der Waals surface area contributed by atoms with Gasteiger partial charge in [-0.15, -0.1) is 0 Å². The number of rotatable bonds is 3. The summed E-state index contributed by atoms with van der Waals surface area (Å²) < 4.78 is 2.01.